The van der Waals surface area contributed by atoms with Gasteiger partial charge in [-0.25, -0.2) is 8.88 Å². The van der Waals surface area contributed by atoms with Crippen molar-refractivity contribution in [2.75, 3.05) is 6.61 Å². The molecule has 0 bridgehead atoms. The van der Waals surface area contributed by atoms with Gasteiger partial charge in [0, 0.05) is 23.4 Å². The molecule has 0 aliphatic heterocycles. The SMILES string of the molecule is CC#Cc1cccc(C(=O)OCCC)c1COc1ccn(S)n1. The second-order valence-electron chi connectivity index (χ2n) is 4.71. The zero-order valence-corrected chi connectivity index (χ0v) is 14.0. The molecule has 0 amide bonds. The molecule has 1 heterocycles. The maximum atomic E-state index is 12.2. The average molecular weight is 330 g/mol. The lowest BCUT2D eigenvalue weighted by Gasteiger charge is -2.11. The van der Waals surface area contributed by atoms with Crippen molar-refractivity contribution in [2.24, 2.45) is 0 Å². The summed E-state index contributed by atoms with van der Waals surface area (Å²) in [4.78, 5) is 12.2. The molecule has 2 aromatic rings. The van der Waals surface area contributed by atoms with Gasteiger partial charge in [0.2, 0.25) is 5.88 Å². The molecule has 120 valence electrons. The van der Waals surface area contributed by atoms with Crippen LogP contribution in [0.2, 0.25) is 0 Å². The van der Waals surface area contributed by atoms with E-state index in [-0.39, 0.29) is 12.6 Å². The van der Waals surface area contributed by atoms with Gasteiger partial charge in [-0.05, 0) is 38.3 Å². The summed E-state index contributed by atoms with van der Waals surface area (Å²) in [7, 11) is 0. The zero-order valence-electron chi connectivity index (χ0n) is 13.1. The summed E-state index contributed by atoms with van der Waals surface area (Å²) in [5.41, 5.74) is 1.89. The van der Waals surface area contributed by atoms with E-state index in [0.29, 0.717) is 23.6 Å². The minimum Gasteiger partial charge on any atom is -0.472 e. The Balaban J connectivity index is 2.28. The number of hydrogen-bond donors (Lipinski definition) is 1. The molecule has 0 N–H and O–H groups in total. The van der Waals surface area contributed by atoms with Crippen molar-refractivity contribution >= 4 is 18.8 Å². The van der Waals surface area contributed by atoms with Crippen LogP contribution in [0.25, 0.3) is 0 Å². The first-order valence-electron chi connectivity index (χ1n) is 7.25. The summed E-state index contributed by atoms with van der Waals surface area (Å²) in [6.45, 7) is 4.25. The fourth-order valence-corrected chi connectivity index (χ4v) is 2.13. The molecule has 23 heavy (non-hydrogen) atoms. The van der Waals surface area contributed by atoms with Gasteiger partial charge in [0.1, 0.15) is 6.61 Å². The van der Waals surface area contributed by atoms with E-state index >= 15 is 0 Å². The van der Waals surface area contributed by atoms with Gasteiger partial charge in [-0.3, -0.25) is 0 Å². The second-order valence-corrected chi connectivity index (χ2v) is 5.12. The van der Waals surface area contributed by atoms with Gasteiger partial charge in [0.15, 0.2) is 0 Å². The Kier molecular flexibility index (Phi) is 6.12. The third kappa shape index (κ3) is 4.54. The number of nitrogens with zero attached hydrogens (tertiary/aromatic N) is 2. The van der Waals surface area contributed by atoms with E-state index in [2.05, 4.69) is 29.8 Å². The molecule has 0 spiro atoms. The Morgan fingerprint density at radius 1 is 1.39 bits per heavy atom. The fraction of sp³-hybridized carbons (Fsp3) is 0.294. The third-order valence-electron chi connectivity index (χ3n) is 3.01. The Morgan fingerprint density at radius 2 is 2.22 bits per heavy atom. The van der Waals surface area contributed by atoms with E-state index in [9.17, 15) is 4.79 Å². The number of aromatic nitrogens is 2. The van der Waals surface area contributed by atoms with Crippen LogP contribution >= 0.6 is 12.8 Å². The van der Waals surface area contributed by atoms with Crippen molar-refractivity contribution < 1.29 is 14.3 Å². The van der Waals surface area contributed by atoms with Crippen LogP contribution in [0.1, 0.15) is 41.8 Å². The maximum Gasteiger partial charge on any atom is 0.338 e. The topological polar surface area (TPSA) is 53.4 Å². The van der Waals surface area contributed by atoms with Crippen molar-refractivity contribution in [3.05, 3.63) is 47.2 Å². The number of carbonyl (C=O) groups excluding carboxylic acids is 1. The number of rotatable bonds is 6. The predicted molar refractivity (Wildman–Crippen MR) is 90.5 cm³/mol. The number of thiol groups is 1. The first kappa shape index (κ1) is 17.0. The van der Waals surface area contributed by atoms with Gasteiger partial charge in [0.25, 0.3) is 0 Å². The smallest absolute Gasteiger partial charge is 0.338 e. The van der Waals surface area contributed by atoms with Gasteiger partial charge in [-0.1, -0.05) is 18.9 Å². The lowest BCUT2D eigenvalue weighted by molar-refractivity contribution is 0.0502. The van der Waals surface area contributed by atoms with Crippen molar-refractivity contribution in [2.45, 2.75) is 26.9 Å². The molecule has 2 rings (SSSR count). The molecule has 1 aromatic heterocycles. The minimum absolute atomic E-state index is 0.173. The van der Waals surface area contributed by atoms with Crippen LogP contribution in [0.4, 0.5) is 0 Å². The van der Waals surface area contributed by atoms with E-state index in [0.717, 1.165) is 12.0 Å². The van der Waals surface area contributed by atoms with Gasteiger partial charge in [0.05, 0.1) is 12.2 Å². The molecule has 0 atom stereocenters. The monoisotopic (exact) mass is 330 g/mol. The molecule has 0 saturated carbocycles. The first-order chi connectivity index (χ1) is 11.2. The number of hydrogen-bond acceptors (Lipinski definition) is 5. The number of esters is 1. The summed E-state index contributed by atoms with van der Waals surface area (Å²) in [6, 6.07) is 7.04. The van der Waals surface area contributed by atoms with Crippen molar-refractivity contribution in [1.29, 1.82) is 0 Å². The Hall–Kier alpha value is -2.39. The highest BCUT2D eigenvalue weighted by Crippen LogP contribution is 2.19. The highest BCUT2D eigenvalue weighted by atomic mass is 32.1. The van der Waals surface area contributed by atoms with Crippen LogP contribution in [-0.2, 0) is 11.3 Å². The predicted octanol–water partition coefficient (Wildman–Crippen LogP) is 3.09. The van der Waals surface area contributed by atoms with Crippen LogP contribution in [0.15, 0.2) is 30.5 Å². The molecule has 5 nitrogen and oxygen atoms in total. The van der Waals surface area contributed by atoms with Crippen molar-refractivity contribution in [3.8, 4) is 17.7 Å². The Bertz CT molecular complexity index is 744. The summed E-state index contributed by atoms with van der Waals surface area (Å²) in [5, 5.41) is 4.03. The maximum absolute atomic E-state index is 12.2. The summed E-state index contributed by atoms with van der Waals surface area (Å²) < 4.78 is 12.2. The van der Waals surface area contributed by atoms with E-state index in [1.165, 1.54) is 4.09 Å². The van der Waals surface area contributed by atoms with Gasteiger partial charge < -0.3 is 9.47 Å². The van der Waals surface area contributed by atoms with Crippen LogP contribution in [0, 0.1) is 11.8 Å². The Morgan fingerprint density at radius 3 is 2.87 bits per heavy atom. The fourth-order valence-electron chi connectivity index (χ4n) is 1.98. The van der Waals surface area contributed by atoms with Crippen LogP contribution < -0.4 is 4.74 Å². The normalized spacial score (nSPS) is 9.87. The highest BCUT2D eigenvalue weighted by molar-refractivity contribution is 7.78. The first-order valence-corrected chi connectivity index (χ1v) is 7.65. The molecule has 0 aliphatic carbocycles. The molecule has 0 aliphatic rings. The highest BCUT2D eigenvalue weighted by Gasteiger charge is 2.16. The molecule has 6 heteroatoms. The lowest BCUT2D eigenvalue weighted by Crippen LogP contribution is -2.12. The number of carbonyl (C=O) groups is 1. The standard InChI is InChI=1S/C17H18N2O3S/c1-3-6-13-7-5-8-14(17(20)21-11-4-2)15(13)12-22-16-9-10-19(23)18-16/h5,7-10,23H,4,11-12H2,1-2H3. The van der Waals surface area contributed by atoms with Gasteiger partial charge in [-0.15, -0.1) is 11.0 Å². The van der Waals surface area contributed by atoms with Crippen molar-refractivity contribution in [3.63, 3.8) is 0 Å². The summed E-state index contributed by atoms with van der Waals surface area (Å²) in [5.74, 6) is 5.89. The largest absolute Gasteiger partial charge is 0.472 e. The lowest BCUT2D eigenvalue weighted by atomic mass is 10.0. The van der Waals surface area contributed by atoms with Crippen molar-refractivity contribution in [1.82, 2.24) is 9.19 Å². The average Bonchev–Trinajstić information content (AvgIpc) is 2.97. The summed E-state index contributed by atoms with van der Waals surface area (Å²) in [6.07, 6.45) is 2.43. The van der Waals surface area contributed by atoms with E-state index in [1.54, 1.807) is 31.3 Å². The number of ether oxygens (including phenoxy) is 2. The van der Waals surface area contributed by atoms with Gasteiger partial charge in [-0.2, -0.15) is 0 Å². The second kappa shape index (κ2) is 8.30. The van der Waals surface area contributed by atoms with E-state index in [1.807, 2.05) is 13.0 Å². The van der Waals surface area contributed by atoms with E-state index < -0.39 is 0 Å². The quantitative estimate of drug-likeness (QED) is 0.502. The zero-order chi connectivity index (χ0) is 16.7. The number of benzene rings is 1. The molecule has 0 radical (unpaired) electrons. The molecular formula is C17H18N2O3S. The molecular weight excluding hydrogens is 312 g/mol. The molecule has 0 unspecified atom stereocenters. The molecule has 0 fully saturated rings. The third-order valence-corrected chi connectivity index (χ3v) is 3.23. The van der Waals surface area contributed by atoms with Crippen LogP contribution in [0.5, 0.6) is 5.88 Å². The summed E-state index contributed by atoms with van der Waals surface area (Å²) >= 11 is 4.06. The van der Waals surface area contributed by atoms with Crippen LogP contribution in [-0.4, -0.2) is 21.8 Å². The van der Waals surface area contributed by atoms with E-state index in [4.69, 9.17) is 9.47 Å². The van der Waals surface area contributed by atoms with Gasteiger partial charge >= 0.3 is 5.97 Å². The molecule has 0 saturated heterocycles. The minimum atomic E-state index is -0.370. The molecule has 1 aromatic carbocycles. The van der Waals surface area contributed by atoms with Crippen LogP contribution in [0.3, 0.4) is 0 Å². The Labute approximate surface area is 141 Å².